The summed E-state index contributed by atoms with van der Waals surface area (Å²) in [5, 5.41) is 3.02. The Labute approximate surface area is 136 Å². The number of para-hydroxylation sites is 2. The van der Waals surface area contributed by atoms with Crippen molar-refractivity contribution < 1.29 is 4.79 Å². The van der Waals surface area contributed by atoms with Crippen LogP contribution in [0.3, 0.4) is 0 Å². The maximum atomic E-state index is 12.9. The van der Waals surface area contributed by atoms with Crippen molar-refractivity contribution in [2.75, 3.05) is 5.32 Å². The number of benzene rings is 2. The van der Waals surface area contributed by atoms with E-state index in [-0.39, 0.29) is 11.3 Å². The number of hydrogen-bond donors (Lipinski definition) is 1. The largest absolute Gasteiger partial charge is 0.321 e. The fraction of sp³-hybridized carbons (Fsp3) is 0.300. The van der Waals surface area contributed by atoms with Crippen LogP contribution in [0.5, 0.6) is 0 Å². The van der Waals surface area contributed by atoms with Gasteiger partial charge in [-0.15, -0.1) is 0 Å². The van der Waals surface area contributed by atoms with Gasteiger partial charge in [-0.25, -0.2) is 4.99 Å². The quantitative estimate of drug-likeness (QED) is 0.864. The van der Waals surface area contributed by atoms with Crippen molar-refractivity contribution in [1.29, 1.82) is 0 Å². The lowest BCUT2D eigenvalue weighted by molar-refractivity contribution is -0.110. The number of aliphatic imine (C=N–C) groups is 1. The molecular formula is C20H20N2O. The minimum absolute atomic E-state index is 0.0608. The molecule has 0 aromatic heterocycles. The Balaban J connectivity index is 1.71. The van der Waals surface area contributed by atoms with E-state index in [1.54, 1.807) is 0 Å². The minimum atomic E-state index is -0.187. The average molecular weight is 304 g/mol. The van der Waals surface area contributed by atoms with Gasteiger partial charge in [0, 0.05) is 11.1 Å². The van der Waals surface area contributed by atoms with Crippen LogP contribution in [0.1, 0.15) is 37.7 Å². The van der Waals surface area contributed by atoms with E-state index < -0.39 is 0 Å². The van der Waals surface area contributed by atoms with Crippen LogP contribution in [0.15, 0.2) is 59.6 Å². The third-order valence-electron chi connectivity index (χ3n) is 5.06. The SMILES string of the molecule is O=C(Nc1ccccc1)C1=Nc2ccccc2C12CCCCC2. The van der Waals surface area contributed by atoms with Crippen molar-refractivity contribution >= 4 is 23.0 Å². The molecule has 116 valence electrons. The molecule has 1 N–H and O–H groups in total. The van der Waals surface area contributed by atoms with Gasteiger partial charge in [0.15, 0.2) is 0 Å². The summed E-state index contributed by atoms with van der Waals surface area (Å²) in [5.41, 5.74) is 3.53. The van der Waals surface area contributed by atoms with Crippen molar-refractivity contribution in [3.05, 3.63) is 60.2 Å². The first-order chi connectivity index (χ1) is 11.3. The van der Waals surface area contributed by atoms with E-state index in [4.69, 9.17) is 4.99 Å². The number of amides is 1. The second-order valence-electron chi connectivity index (χ2n) is 6.44. The summed E-state index contributed by atoms with van der Waals surface area (Å²) in [7, 11) is 0. The molecule has 0 unspecified atom stereocenters. The van der Waals surface area contributed by atoms with Gasteiger partial charge in [0.05, 0.1) is 5.69 Å². The summed E-state index contributed by atoms with van der Waals surface area (Å²) in [6.45, 7) is 0. The van der Waals surface area contributed by atoms with Gasteiger partial charge in [0.2, 0.25) is 0 Å². The van der Waals surface area contributed by atoms with Crippen molar-refractivity contribution in [3.8, 4) is 0 Å². The van der Waals surface area contributed by atoms with E-state index >= 15 is 0 Å². The molecule has 1 fully saturated rings. The van der Waals surface area contributed by atoms with E-state index in [2.05, 4.69) is 17.4 Å². The van der Waals surface area contributed by atoms with Crippen LogP contribution < -0.4 is 5.32 Å². The molecule has 1 aliphatic heterocycles. The molecule has 1 heterocycles. The zero-order chi connectivity index (χ0) is 15.7. The standard InChI is InChI=1S/C20H20N2O/c23-19(21-15-9-3-1-4-10-15)18-20(13-7-2-8-14-20)16-11-5-6-12-17(16)22-18/h1,3-6,9-12H,2,7-8,13-14H2,(H,21,23). The van der Waals surface area contributed by atoms with Crippen LogP contribution in [-0.2, 0) is 10.2 Å². The van der Waals surface area contributed by atoms with Gasteiger partial charge in [-0.3, -0.25) is 4.79 Å². The first kappa shape index (κ1) is 14.2. The van der Waals surface area contributed by atoms with Crippen LogP contribution in [0.4, 0.5) is 11.4 Å². The molecule has 1 aliphatic carbocycles. The van der Waals surface area contributed by atoms with Gasteiger partial charge >= 0.3 is 0 Å². The summed E-state index contributed by atoms with van der Waals surface area (Å²) in [6, 6.07) is 17.8. The molecule has 0 bridgehead atoms. The lowest BCUT2D eigenvalue weighted by Gasteiger charge is -2.35. The Morgan fingerprint density at radius 2 is 1.61 bits per heavy atom. The highest BCUT2D eigenvalue weighted by Gasteiger charge is 2.46. The van der Waals surface area contributed by atoms with Gasteiger partial charge in [-0.1, -0.05) is 55.7 Å². The third-order valence-corrected chi connectivity index (χ3v) is 5.06. The molecule has 2 aromatic carbocycles. The maximum Gasteiger partial charge on any atom is 0.271 e. The number of carbonyl (C=O) groups excluding carboxylic acids is 1. The molecule has 0 saturated heterocycles. The smallest absolute Gasteiger partial charge is 0.271 e. The predicted molar refractivity (Wildman–Crippen MR) is 93.4 cm³/mol. The molecule has 0 radical (unpaired) electrons. The van der Waals surface area contributed by atoms with Gasteiger partial charge in [0.1, 0.15) is 5.71 Å². The first-order valence-electron chi connectivity index (χ1n) is 8.35. The van der Waals surface area contributed by atoms with Crippen molar-refractivity contribution in [1.82, 2.24) is 0 Å². The fourth-order valence-corrected chi connectivity index (χ4v) is 3.97. The molecule has 0 atom stereocenters. The Morgan fingerprint density at radius 3 is 2.39 bits per heavy atom. The van der Waals surface area contributed by atoms with E-state index in [1.165, 1.54) is 12.0 Å². The van der Waals surface area contributed by atoms with E-state index in [1.807, 2.05) is 42.5 Å². The molecule has 23 heavy (non-hydrogen) atoms. The fourth-order valence-electron chi connectivity index (χ4n) is 3.97. The summed E-state index contributed by atoms with van der Waals surface area (Å²) < 4.78 is 0. The van der Waals surface area contributed by atoms with Crippen molar-refractivity contribution in [2.24, 2.45) is 4.99 Å². The lowest BCUT2D eigenvalue weighted by Crippen LogP contribution is -2.42. The second kappa shape index (κ2) is 5.65. The average Bonchev–Trinajstić information content (AvgIpc) is 2.91. The highest BCUT2D eigenvalue weighted by molar-refractivity contribution is 6.47. The predicted octanol–water partition coefficient (Wildman–Crippen LogP) is 4.61. The van der Waals surface area contributed by atoms with Gasteiger partial charge in [-0.05, 0) is 36.6 Å². The van der Waals surface area contributed by atoms with Crippen LogP contribution in [0, 0.1) is 0 Å². The maximum absolute atomic E-state index is 12.9. The number of anilines is 1. The molecule has 1 spiro atoms. The topological polar surface area (TPSA) is 41.5 Å². The van der Waals surface area contributed by atoms with Crippen LogP contribution >= 0.6 is 0 Å². The molecule has 2 aliphatic rings. The normalized spacial score (nSPS) is 18.3. The Morgan fingerprint density at radius 1 is 0.913 bits per heavy atom. The molecule has 1 saturated carbocycles. The molecule has 4 rings (SSSR count). The molecule has 3 nitrogen and oxygen atoms in total. The third kappa shape index (κ3) is 2.37. The number of carbonyl (C=O) groups is 1. The van der Waals surface area contributed by atoms with E-state index in [0.717, 1.165) is 37.1 Å². The summed E-state index contributed by atoms with van der Waals surface area (Å²) >= 11 is 0. The number of rotatable bonds is 2. The summed E-state index contributed by atoms with van der Waals surface area (Å²) in [4.78, 5) is 17.6. The minimum Gasteiger partial charge on any atom is -0.321 e. The second-order valence-corrected chi connectivity index (χ2v) is 6.44. The summed E-state index contributed by atoms with van der Waals surface area (Å²) in [6.07, 6.45) is 5.60. The number of fused-ring (bicyclic) bond motifs is 2. The monoisotopic (exact) mass is 304 g/mol. The van der Waals surface area contributed by atoms with Crippen LogP contribution in [-0.4, -0.2) is 11.6 Å². The van der Waals surface area contributed by atoms with E-state index in [9.17, 15) is 4.79 Å². The summed E-state index contributed by atoms with van der Waals surface area (Å²) in [5.74, 6) is -0.0608. The van der Waals surface area contributed by atoms with Crippen molar-refractivity contribution in [2.45, 2.75) is 37.5 Å². The zero-order valence-corrected chi connectivity index (χ0v) is 13.1. The molecule has 1 amide bonds. The highest BCUT2D eigenvalue weighted by atomic mass is 16.2. The molecule has 3 heteroatoms. The van der Waals surface area contributed by atoms with Crippen LogP contribution in [0.2, 0.25) is 0 Å². The van der Waals surface area contributed by atoms with Gasteiger partial charge < -0.3 is 5.32 Å². The Kier molecular flexibility index (Phi) is 3.49. The first-order valence-corrected chi connectivity index (χ1v) is 8.35. The number of nitrogens with zero attached hydrogens (tertiary/aromatic N) is 1. The highest BCUT2D eigenvalue weighted by Crippen LogP contribution is 2.49. The zero-order valence-electron chi connectivity index (χ0n) is 13.1. The molecule has 2 aromatic rings. The van der Waals surface area contributed by atoms with Crippen molar-refractivity contribution in [3.63, 3.8) is 0 Å². The molecular weight excluding hydrogens is 284 g/mol. The van der Waals surface area contributed by atoms with Gasteiger partial charge in [-0.2, -0.15) is 0 Å². The number of nitrogens with one attached hydrogen (secondary N) is 1. The Bertz CT molecular complexity index is 758. The van der Waals surface area contributed by atoms with E-state index in [0.29, 0.717) is 5.71 Å². The number of hydrogen-bond acceptors (Lipinski definition) is 2. The van der Waals surface area contributed by atoms with Gasteiger partial charge in [0.25, 0.3) is 5.91 Å². The Hall–Kier alpha value is -2.42. The lowest BCUT2D eigenvalue weighted by atomic mass is 9.67. The van der Waals surface area contributed by atoms with Crippen LogP contribution in [0.25, 0.3) is 0 Å².